The minimum absolute atomic E-state index is 0.393. The zero-order chi connectivity index (χ0) is 14.5. The molecule has 0 fully saturated rings. The fraction of sp³-hybridized carbons (Fsp3) is 0.133. The van der Waals surface area contributed by atoms with E-state index in [2.05, 4.69) is 26.0 Å². The lowest BCUT2D eigenvalue weighted by Gasteiger charge is -2.10. The number of nitrogen functional groups attached to an aromatic ring is 1. The third kappa shape index (κ3) is 3.51. The van der Waals surface area contributed by atoms with Gasteiger partial charge in [-0.25, -0.2) is 4.79 Å². The number of carbonyl (C=O) groups is 1. The van der Waals surface area contributed by atoms with Gasteiger partial charge in [0.2, 0.25) is 0 Å². The second-order valence-electron chi connectivity index (χ2n) is 4.28. The van der Waals surface area contributed by atoms with Gasteiger partial charge in [-0.2, -0.15) is 0 Å². The molecule has 0 aliphatic rings. The maximum atomic E-state index is 11.4. The molecule has 0 bridgehead atoms. The zero-order valence-corrected chi connectivity index (χ0v) is 12.6. The number of carbonyl (C=O) groups excluding carboxylic acids is 1. The Labute approximate surface area is 126 Å². The Morgan fingerprint density at radius 1 is 1.30 bits per heavy atom. The molecule has 0 aliphatic heterocycles. The van der Waals surface area contributed by atoms with Crippen molar-refractivity contribution in [1.29, 1.82) is 0 Å². The Morgan fingerprint density at radius 2 is 2.10 bits per heavy atom. The number of rotatable bonds is 4. The van der Waals surface area contributed by atoms with Crippen molar-refractivity contribution in [3.05, 3.63) is 58.1 Å². The second-order valence-corrected chi connectivity index (χ2v) is 5.19. The molecule has 0 saturated carbocycles. The van der Waals surface area contributed by atoms with Crippen LogP contribution in [0.5, 0.6) is 0 Å². The molecular formula is C15H15BrN2O2. The Bertz CT molecular complexity index is 629. The average Bonchev–Trinajstić information content (AvgIpc) is 2.45. The van der Waals surface area contributed by atoms with Crippen LogP contribution in [0.1, 0.15) is 15.9 Å². The van der Waals surface area contributed by atoms with Gasteiger partial charge in [-0.05, 0) is 35.9 Å². The molecule has 0 aromatic heterocycles. The Balaban J connectivity index is 2.08. The van der Waals surface area contributed by atoms with E-state index in [-0.39, 0.29) is 0 Å². The minimum Gasteiger partial charge on any atom is -0.465 e. The fourth-order valence-electron chi connectivity index (χ4n) is 1.81. The van der Waals surface area contributed by atoms with E-state index in [1.165, 1.54) is 7.11 Å². The molecule has 0 amide bonds. The molecule has 0 aliphatic carbocycles. The van der Waals surface area contributed by atoms with Crippen LogP contribution in [0.15, 0.2) is 46.9 Å². The normalized spacial score (nSPS) is 10.1. The van der Waals surface area contributed by atoms with E-state index in [0.717, 1.165) is 15.7 Å². The lowest BCUT2D eigenvalue weighted by molar-refractivity contribution is 0.0601. The zero-order valence-electron chi connectivity index (χ0n) is 11.0. The SMILES string of the molecule is COC(=O)c1ccc(NCc2cccc(Br)c2)c(N)c1. The number of benzene rings is 2. The lowest BCUT2D eigenvalue weighted by Crippen LogP contribution is -2.06. The molecule has 0 atom stereocenters. The Hall–Kier alpha value is -2.01. The van der Waals surface area contributed by atoms with Crippen molar-refractivity contribution in [2.75, 3.05) is 18.2 Å². The van der Waals surface area contributed by atoms with Gasteiger partial charge in [0.25, 0.3) is 0 Å². The number of halogens is 1. The van der Waals surface area contributed by atoms with Gasteiger partial charge in [0.1, 0.15) is 0 Å². The summed E-state index contributed by atoms with van der Waals surface area (Å²) in [6.07, 6.45) is 0. The summed E-state index contributed by atoms with van der Waals surface area (Å²) >= 11 is 3.43. The van der Waals surface area contributed by atoms with Gasteiger partial charge in [0, 0.05) is 11.0 Å². The van der Waals surface area contributed by atoms with Gasteiger partial charge in [-0.15, -0.1) is 0 Å². The molecule has 0 heterocycles. The predicted octanol–water partition coefficient (Wildman–Crippen LogP) is 3.43. The predicted molar refractivity (Wildman–Crippen MR) is 83.7 cm³/mol. The number of ether oxygens (including phenoxy) is 1. The van der Waals surface area contributed by atoms with Crippen molar-refractivity contribution in [2.45, 2.75) is 6.54 Å². The van der Waals surface area contributed by atoms with Crippen molar-refractivity contribution in [2.24, 2.45) is 0 Å². The first-order chi connectivity index (χ1) is 9.60. The quantitative estimate of drug-likeness (QED) is 0.664. The van der Waals surface area contributed by atoms with Gasteiger partial charge in [0.15, 0.2) is 0 Å². The second kappa shape index (κ2) is 6.43. The number of anilines is 2. The van der Waals surface area contributed by atoms with Crippen LogP contribution in [0.25, 0.3) is 0 Å². The number of hydrogen-bond donors (Lipinski definition) is 2. The van der Waals surface area contributed by atoms with Gasteiger partial charge >= 0.3 is 5.97 Å². The Morgan fingerprint density at radius 3 is 2.75 bits per heavy atom. The van der Waals surface area contributed by atoms with Gasteiger partial charge in [-0.1, -0.05) is 28.1 Å². The van der Waals surface area contributed by atoms with Gasteiger partial charge in [0.05, 0.1) is 24.0 Å². The summed E-state index contributed by atoms with van der Waals surface area (Å²) in [5.74, 6) is -0.393. The highest BCUT2D eigenvalue weighted by Gasteiger charge is 2.07. The largest absolute Gasteiger partial charge is 0.465 e. The summed E-state index contributed by atoms with van der Waals surface area (Å²) in [5.41, 5.74) is 8.81. The van der Waals surface area contributed by atoms with Crippen LogP contribution in [0.3, 0.4) is 0 Å². The van der Waals surface area contributed by atoms with Gasteiger partial charge < -0.3 is 15.8 Å². The summed E-state index contributed by atoms with van der Waals surface area (Å²) in [6.45, 7) is 0.654. The highest BCUT2D eigenvalue weighted by molar-refractivity contribution is 9.10. The third-order valence-electron chi connectivity index (χ3n) is 2.84. The van der Waals surface area contributed by atoms with Crippen molar-refractivity contribution in [1.82, 2.24) is 0 Å². The standard InChI is InChI=1S/C15H15BrN2O2/c1-20-15(19)11-5-6-14(13(17)8-11)18-9-10-3-2-4-12(16)7-10/h2-8,18H,9,17H2,1H3. The third-order valence-corrected chi connectivity index (χ3v) is 3.34. The van der Waals surface area contributed by atoms with E-state index >= 15 is 0 Å². The maximum absolute atomic E-state index is 11.4. The molecule has 3 N–H and O–H groups in total. The van der Waals surface area contributed by atoms with Crippen molar-refractivity contribution in [3.8, 4) is 0 Å². The molecular weight excluding hydrogens is 320 g/mol. The molecule has 2 aromatic rings. The summed E-state index contributed by atoms with van der Waals surface area (Å²) in [7, 11) is 1.35. The van der Waals surface area contributed by atoms with Crippen LogP contribution < -0.4 is 11.1 Å². The first-order valence-electron chi connectivity index (χ1n) is 6.06. The van der Waals surface area contributed by atoms with Crippen molar-refractivity contribution < 1.29 is 9.53 Å². The van der Waals surface area contributed by atoms with Crippen LogP contribution in [-0.4, -0.2) is 13.1 Å². The molecule has 0 unspecified atom stereocenters. The molecule has 4 nitrogen and oxygen atoms in total. The molecule has 20 heavy (non-hydrogen) atoms. The van der Waals surface area contributed by atoms with E-state index in [4.69, 9.17) is 5.73 Å². The molecule has 2 aromatic carbocycles. The highest BCUT2D eigenvalue weighted by atomic mass is 79.9. The molecule has 5 heteroatoms. The fourth-order valence-corrected chi connectivity index (χ4v) is 2.26. The van der Waals surface area contributed by atoms with Crippen molar-refractivity contribution in [3.63, 3.8) is 0 Å². The highest BCUT2D eigenvalue weighted by Crippen LogP contribution is 2.21. The number of nitrogens with two attached hydrogens (primary N) is 1. The number of esters is 1. The summed E-state index contributed by atoms with van der Waals surface area (Å²) in [6, 6.07) is 13.1. The molecule has 2 rings (SSSR count). The summed E-state index contributed by atoms with van der Waals surface area (Å²) < 4.78 is 5.69. The smallest absolute Gasteiger partial charge is 0.337 e. The van der Waals surface area contributed by atoms with E-state index in [1.807, 2.05) is 24.3 Å². The van der Waals surface area contributed by atoms with E-state index in [1.54, 1.807) is 18.2 Å². The minimum atomic E-state index is -0.393. The van der Waals surface area contributed by atoms with Crippen molar-refractivity contribution >= 4 is 33.3 Å². The average molecular weight is 335 g/mol. The lowest BCUT2D eigenvalue weighted by atomic mass is 10.1. The molecule has 104 valence electrons. The first-order valence-corrected chi connectivity index (χ1v) is 6.85. The first kappa shape index (κ1) is 14.4. The van der Waals surface area contributed by atoms with Crippen LogP contribution in [0.2, 0.25) is 0 Å². The summed E-state index contributed by atoms with van der Waals surface area (Å²) in [4.78, 5) is 11.4. The number of nitrogens with one attached hydrogen (secondary N) is 1. The Kier molecular flexibility index (Phi) is 4.63. The number of methoxy groups -OCH3 is 1. The van der Waals surface area contributed by atoms with E-state index < -0.39 is 5.97 Å². The number of hydrogen-bond acceptors (Lipinski definition) is 4. The van der Waals surface area contributed by atoms with Crippen LogP contribution >= 0.6 is 15.9 Å². The van der Waals surface area contributed by atoms with E-state index in [9.17, 15) is 4.79 Å². The molecule has 0 saturated heterocycles. The monoisotopic (exact) mass is 334 g/mol. The summed E-state index contributed by atoms with van der Waals surface area (Å²) in [5, 5.41) is 3.24. The van der Waals surface area contributed by atoms with Crippen LogP contribution in [-0.2, 0) is 11.3 Å². The van der Waals surface area contributed by atoms with E-state index in [0.29, 0.717) is 17.8 Å². The topological polar surface area (TPSA) is 64.3 Å². The van der Waals surface area contributed by atoms with Gasteiger partial charge in [-0.3, -0.25) is 0 Å². The molecule has 0 radical (unpaired) electrons. The molecule has 0 spiro atoms. The van der Waals surface area contributed by atoms with Crippen LogP contribution in [0.4, 0.5) is 11.4 Å². The van der Waals surface area contributed by atoms with Crippen LogP contribution in [0, 0.1) is 0 Å². The maximum Gasteiger partial charge on any atom is 0.337 e.